The maximum atomic E-state index is 12.2. The maximum absolute atomic E-state index is 12.2. The monoisotopic (exact) mass is 293 g/mol. The van der Waals surface area contributed by atoms with E-state index < -0.39 is 6.10 Å². The van der Waals surface area contributed by atoms with Crippen molar-refractivity contribution < 1.29 is 14.3 Å². The molecule has 0 N–H and O–H groups in total. The molecule has 1 fully saturated rings. The topological polar surface area (TPSA) is 38.8 Å². The van der Waals surface area contributed by atoms with Crippen molar-refractivity contribution in [2.75, 3.05) is 31.7 Å². The van der Waals surface area contributed by atoms with E-state index >= 15 is 0 Å². The van der Waals surface area contributed by atoms with Gasteiger partial charge in [-0.05, 0) is 20.3 Å². The van der Waals surface area contributed by atoms with E-state index in [9.17, 15) is 4.79 Å². The van der Waals surface area contributed by atoms with E-state index in [1.54, 1.807) is 0 Å². The molecule has 5 heteroatoms. The highest BCUT2D eigenvalue weighted by Gasteiger charge is 2.28. The summed E-state index contributed by atoms with van der Waals surface area (Å²) in [6.45, 7) is 6.30. The first kappa shape index (κ1) is 13.9. The molecule has 0 aromatic carbocycles. The first-order valence-corrected chi connectivity index (χ1v) is 6.84. The van der Waals surface area contributed by atoms with Crippen LogP contribution in [0, 0.1) is 0 Å². The third-order valence-electron chi connectivity index (χ3n) is 2.53. The van der Waals surface area contributed by atoms with Crippen molar-refractivity contribution in [2.24, 2.45) is 0 Å². The molecule has 0 saturated carbocycles. The fraction of sp³-hybridized carbons (Fsp3) is 0.909. The summed E-state index contributed by atoms with van der Waals surface area (Å²) >= 11 is 3.38. The number of hydrogen-bond donors (Lipinski definition) is 0. The predicted molar refractivity (Wildman–Crippen MR) is 65.8 cm³/mol. The summed E-state index contributed by atoms with van der Waals surface area (Å²) in [6, 6.07) is 0.206. The Morgan fingerprint density at radius 1 is 1.50 bits per heavy atom. The Morgan fingerprint density at radius 3 is 2.75 bits per heavy atom. The number of amides is 1. The SMILES string of the molecule is CC(C)N(CCCBr)C(=O)C1COCCO1. The van der Waals surface area contributed by atoms with Crippen LogP contribution in [0.25, 0.3) is 0 Å². The van der Waals surface area contributed by atoms with Gasteiger partial charge in [0.05, 0.1) is 19.8 Å². The lowest BCUT2D eigenvalue weighted by Crippen LogP contribution is -2.48. The van der Waals surface area contributed by atoms with Crippen LogP contribution >= 0.6 is 15.9 Å². The molecule has 0 aromatic rings. The number of rotatable bonds is 5. The van der Waals surface area contributed by atoms with E-state index in [1.165, 1.54) is 0 Å². The zero-order valence-corrected chi connectivity index (χ0v) is 11.5. The van der Waals surface area contributed by atoms with E-state index in [1.807, 2.05) is 18.7 Å². The Balaban J connectivity index is 2.51. The van der Waals surface area contributed by atoms with Gasteiger partial charge in [-0.1, -0.05) is 15.9 Å². The second-order valence-corrected chi connectivity index (χ2v) is 4.90. The maximum Gasteiger partial charge on any atom is 0.254 e. The van der Waals surface area contributed by atoms with Crippen molar-refractivity contribution >= 4 is 21.8 Å². The number of nitrogens with zero attached hydrogens (tertiary/aromatic N) is 1. The van der Waals surface area contributed by atoms with Crippen molar-refractivity contribution in [1.29, 1.82) is 0 Å². The molecule has 0 aliphatic carbocycles. The molecule has 1 heterocycles. The van der Waals surface area contributed by atoms with E-state index in [2.05, 4.69) is 15.9 Å². The van der Waals surface area contributed by atoms with Crippen LogP contribution in [0.3, 0.4) is 0 Å². The van der Waals surface area contributed by atoms with Gasteiger partial charge in [0.25, 0.3) is 5.91 Å². The van der Waals surface area contributed by atoms with E-state index in [4.69, 9.17) is 9.47 Å². The van der Waals surface area contributed by atoms with Crippen LogP contribution < -0.4 is 0 Å². The molecule has 1 atom stereocenters. The number of hydrogen-bond acceptors (Lipinski definition) is 3. The van der Waals surface area contributed by atoms with Gasteiger partial charge in [0, 0.05) is 17.9 Å². The van der Waals surface area contributed by atoms with Crippen LogP contribution in [0.5, 0.6) is 0 Å². The van der Waals surface area contributed by atoms with Crippen LogP contribution in [0.2, 0.25) is 0 Å². The standard InChI is InChI=1S/C11H20BrNO3/c1-9(2)13(5-3-4-12)11(14)10-8-15-6-7-16-10/h9-10H,3-8H2,1-2H3. The highest BCUT2D eigenvalue weighted by molar-refractivity contribution is 9.09. The number of carbonyl (C=O) groups excluding carboxylic acids is 1. The molecule has 1 amide bonds. The second kappa shape index (κ2) is 7.25. The zero-order valence-electron chi connectivity index (χ0n) is 9.95. The number of halogens is 1. The second-order valence-electron chi connectivity index (χ2n) is 4.10. The Morgan fingerprint density at radius 2 is 2.25 bits per heavy atom. The molecule has 1 aliphatic rings. The van der Waals surface area contributed by atoms with E-state index in [-0.39, 0.29) is 11.9 Å². The first-order valence-electron chi connectivity index (χ1n) is 5.72. The fourth-order valence-corrected chi connectivity index (χ4v) is 1.92. The molecule has 0 aromatic heterocycles. The molecular formula is C11H20BrNO3. The molecule has 1 unspecified atom stereocenters. The summed E-state index contributed by atoms with van der Waals surface area (Å²) in [7, 11) is 0. The minimum absolute atomic E-state index is 0.0515. The summed E-state index contributed by atoms with van der Waals surface area (Å²) in [5.74, 6) is 0.0515. The molecule has 16 heavy (non-hydrogen) atoms. The molecule has 1 aliphatic heterocycles. The molecule has 4 nitrogen and oxygen atoms in total. The highest BCUT2D eigenvalue weighted by Crippen LogP contribution is 2.09. The van der Waals surface area contributed by atoms with Gasteiger partial charge in [-0.2, -0.15) is 0 Å². The van der Waals surface area contributed by atoms with Gasteiger partial charge in [-0.3, -0.25) is 4.79 Å². The normalized spacial score (nSPS) is 21.1. The lowest BCUT2D eigenvalue weighted by molar-refractivity contribution is -0.159. The highest BCUT2D eigenvalue weighted by atomic mass is 79.9. The lowest BCUT2D eigenvalue weighted by Gasteiger charge is -2.32. The third kappa shape index (κ3) is 4.03. The summed E-state index contributed by atoms with van der Waals surface area (Å²) in [6.07, 6.45) is 0.545. The third-order valence-corrected chi connectivity index (χ3v) is 3.09. The van der Waals surface area contributed by atoms with Crippen molar-refractivity contribution in [2.45, 2.75) is 32.4 Å². The lowest BCUT2D eigenvalue weighted by atomic mass is 10.2. The number of alkyl halides is 1. The van der Waals surface area contributed by atoms with Crippen molar-refractivity contribution in [3.63, 3.8) is 0 Å². The summed E-state index contributed by atoms with van der Waals surface area (Å²) < 4.78 is 10.7. The van der Waals surface area contributed by atoms with Gasteiger partial charge in [0.1, 0.15) is 0 Å². The predicted octanol–water partition coefficient (Wildman–Crippen LogP) is 1.42. The molecule has 0 radical (unpaired) electrons. The molecule has 0 spiro atoms. The first-order chi connectivity index (χ1) is 7.66. The average Bonchev–Trinajstić information content (AvgIpc) is 2.30. The van der Waals surface area contributed by atoms with E-state index in [0.717, 1.165) is 18.3 Å². The van der Waals surface area contributed by atoms with Gasteiger partial charge < -0.3 is 14.4 Å². The fourth-order valence-electron chi connectivity index (χ4n) is 1.67. The van der Waals surface area contributed by atoms with E-state index in [0.29, 0.717) is 19.8 Å². The quantitative estimate of drug-likeness (QED) is 0.720. The van der Waals surface area contributed by atoms with Gasteiger partial charge in [0.15, 0.2) is 6.10 Å². The minimum Gasteiger partial charge on any atom is -0.376 e. The summed E-state index contributed by atoms with van der Waals surface area (Å²) in [4.78, 5) is 14.0. The largest absolute Gasteiger partial charge is 0.376 e. The Labute approximate surface area is 105 Å². The van der Waals surface area contributed by atoms with Crippen molar-refractivity contribution in [3.8, 4) is 0 Å². The summed E-state index contributed by atoms with van der Waals surface area (Å²) in [5, 5.41) is 0.908. The number of ether oxygens (including phenoxy) is 2. The smallest absolute Gasteiger partial charge is 0.254 e. The zero-order chi connectivity index (χ0) is 12.0. The van der Waals surface area contributed by atoms with Gasteiger partial charge in [-0.25, -0.2) is 0 Å². The van der Waals surface area contributed by atoms with Gasteiger partial charge in [-0.15, -0.1) is 0 Å². The molecular weight excluding hydrogens is 274 g/mol. The van der Waals surface area contributed by atoms with Crippen molar-refractivity contribution in [1.82, 2.24) is 4.90 Å². The molecule has 94 valence electrons. The molecule has 1 rings (SSSR count). The van der Waals surface area contributed by atoms with Crippen LogP contribution in [-0.2, 0) is 14.3 Å². The van der Waals surface area contributed by atoms with Crippen LogP contribution in [-0.4, -0.2) is 54.6 Å². The Kier molecular flexibility index (Phi) is 6.31. The number of carbonyl (C=O) groups is 1. The Hall–Kier alpha value is -0.130. The van der Waals surface area contributed by atoms with Gasteiger partial charge >= 0.3 is 0 Å². The van der Waals surface area contributed by atoms with Crippen molar-refractivity contribution in [3.05, 3.63) is 0 Å². The Bertz CT molecular complexity index is 217. The molecule has 0 bridgehead atoms. The van der Waals surface area contributed by atoms with Crippen LogP contribution in [0.1, 0.15) is 20.3 Å². The van der Waals surface area contributed by atoms with Crippen LogP contribution in [0.4, 0.5) is 0 Å². The van der Waals surface area contributed by atoms with Crippen LogP contribution in [0.15, 0.2) is 0 Å². The minimum atomic E-state index is -0.411. The average molecular weight is 294 g/mol. The molecule has 1 saturated heterocycles. The van der Waals surface area contributed by atoms with Gasteiger partial charge in [0.2, 0.25) is 0 Å². The summed E-state index contributed by atoms with van der Waals surface area (Å²) in [5.41, 5.74) is 0.